The molecule has 3 rings (SSSR count). The molecule has 2 heterocycles. The molecule has 0 amide bonds. The molecule has 0 radical (unpaired) electrons. The van der Waals surface area contributed by atoms with Gasteiger partial charge >= 0.3 is 5.97 Å². The molecule has 0 saturated heterocycles. The van der Waals surface area contributed by atoms with Crippen molar-refractivity contribution in [3.8, 4) is 0 Å². The van der Waals surface area contributed by atoms with E-state index in [0.717, 1.165) is 39.5 Å². The molecule has 21 heavy (non-hydrogen) atoms. The smallest absolute Gasteiger partial charge is 0.302 e. The molecule has 0 aromatic carbocycles. The van der Waals surface area contributed by atoms with Gasteiger partial charge in [-0.15, -0.1) is 5.10 Å². The van der Waals surface area contributed by atoms with Gasteiger partial charge in [0.05, 0.1) is 0 Å². The topological polar surface area (TPSA) is 68.5 Å². The lowest BCUT2D eigenvalue weighted by molar-refractivity contribution is -0.147. The number of hydrogen-bond acceptors (Lipinski definition) is 6. The summed E-state index contributed by atoms with van der Waals surface area (Å²) in [7, 11) is 0. The second-order valence-electron chi connectivity index (χ2n) is 5.02. The lowest BCUT2D eigenvalue weighted by atomic mass is 9.93. The molecule has 0 aliphatic heterocycles. The molecule has 0 unspecified atom stereocenters. The highest BCUT2D eigenvalue weighted by Crippen LogP contribution is 2.29. The van der Waals surface area contributed by atoms with Crippen LogP contribution in [0.5, 0.6) is 0 Å². The molecule has 114 valence electrons. The quantitative estimate of drug-likeness (QED) is 0.586. The van der Waals surface area contributed by atoms with E-state index >= 15 is 0 Å². The Morgan fingerprint density at radius 1 is 1.48 bits per heavy atom. The van der Waals surface area contributed by atoms with Gasteiger partial charge in [-0.25, -0.2) is 4.98 Å². The zero-order valence-electron chi connectivity index (χ0n) is 11.3. The molecule has 6 nitrogen and oxygen atoms in total. The number of ether oxygens (including phenoxy) is 1. The number of halogens is 2. The Morgan fingerprint density at radius 2 is 2.19 bits per heavy atom. The number of fused-ring (bicyclic) bond motifs is 1. The van der Waals surface area contributed by atoms with Crippen LogP contribution in [0.4, 0.5) is 5.13 Å². The minimum atomic E-state index is -0.197. The van der Waals surface area contributed by atoms with Crippen LogP contribution in [0.15, 0.2) is 0 Å². The minimum Gasteiger partial charge on any atom is -0.463 e. The van der Waals surface area contributed by atoms with E-state index in [1.54, 1.807) is 4.52 Å². The SMILES string of the molecule is CC(=O)OC1CCC(Nc2nn3c(Cl)c(I)nc3s2)CC1. The second kappa shape index (κ2) is 6.25. The first-order chi connectivity index (χ1) is 10.0. The van der Waals surface area contributed by atoms with Gasteiger partial charge in [0.25, 0.3) is 0 Å². The third-order valence-corrected chi connectivity index (χ3v) is 5.69. The van der Waals surface area contributed by atoms with Crippen LogP contribution in [0.2, 0.25) is 5.15 Å². The van der Waals surface area contributed by atoms with Crippen LogP contribution in [0.25, 0.3) is 4.96 Å². The van der Waals surface area contributed by atoms with Crippen LogP contribution in [-0.4, -0.2) is 32.7 Å². The average molecular weight is 441 g/mol. The standard InChI is InChI=1S/C12H14ClIN4O2S/c1-6(19)20-8-4-2-7(3-5-8)15-11-17-18-9(13)10(14)16-12(18)21-11/h7-8H,2-5H2,1H3,(H,15,17). The van der Waals surface area contributed by atoms with Gasteiger partial charge in [-0.1, -0.05) is 22.9 Å². The Morgan fingerprint density at radius 3 is 2.81 bits per heavy atom. The molecule has 1 fully saturated rings. The van der Waals surface area contributed by atoms with E-state index in [-0.39, 0.29) is 12.1 Å². The monoisotopic (exact) mass is 440 g/mol. The Hall–Kier alpha value is -0.610. The summed E-state index contributed by atoms with van der Waals surface area (Å²) in [5.41, 5.74) is 0. The van der Waals surface area contributed by atoms with E-state index in [1.165, 1.54) is 18.3 Å². The fourth-order valence-corrected chi connectivity index (χ4v) is 4.20. The summed E-state index contributed by atoms with van der Waals surface area (Å²) in [6, 6.07) is 0.352. The number of esters is 1. The zero-order valence-corrected chi connectivity index (χ0v) is 15.0. The normalized spacial score (nSPS) is 22.4. The van der Waals surface area contributed by atoms with Gasteiger partial charge in [-0.05, 0) is 48.3 Å². The van der Waals surface area contributed by atoms with Gasteiger partial charge in [-0.3, -0.25) is 4.79 Å². The van der Waals surface area contributed by atoms with Crippen LogP contribution < -0.4 is 5.32 Å². The van der Waals surface area contributed by atoms with E-state index in [9.17, 15) is 4.79 Å². The molecular formula is C12H14ClIN4O2S. The molecule has 2 aromatic heterocycles. The van der Waals surface area contributed by atoms with E-state index in [0.29, 0.717) is 11.2 Å². The number of imidazole rings is 1. The van der Waals surface area contributed by atoms with Gasteiger partial charge in [-0.2, -0.15) is 4.52 Å². The van der Waals surface area contributed by atoms with Gasteiger partial charge in [0.1, 0.15) is 9.80 Å². The van der Waals surface area contributed by atoms with Crippen molar-refractivity contribution >= 4 is 61.6 Å². The van der Waals surface area contributed by atoms with Crippen LogP contribution in [-0.2, 0) is 9.53 Å². The summed E-state index contributed by atoms with van der Waals surface area (Å²) in [6.45, 7) is 1.46. The van der Waals surface area contributed by atoms with Crippen LogP contribution in [0.3, 0.4) is 0 Å². The molecule has 1 N–H and O–H groups in total. The Labute approximate surface area is 144 Å². The first kappa shape index (κ1) is 15.3. The van der Waals surface area contributed by atoms with Crippen LogP contribution >= 0.6 is 45.5 Å². The molecule has 1 aliphatic rings. The fourth-order valence-electron chi connectivity index (χ4n) is 2.49. The van der Waals surface area contributed by atoms with E-state index in [1.807, 2.05) is 0 Å². The van der Waals surface area contributed by atoms with Crippen molar-refractivity contribution in [1.82, 2.24) is 14.6 Å². The summed E-state index contributed by atoms with van der Waals surface area (Å²) >= 11 is 9.71. The molecule has 0 bridgehead atoms. The number of rotatable bonds is 3. The first-order valence-corrected chi connectivity index (χ1v) is 8.94. The van der Waals surface area contributed by atoms with Gasteiger partial charge < -0.3 is 10.1 Å². The van der Waals surface area contributed by atoms with Crippen LogP contribution in [0.1, 0.15) is 32.6 Å². The zero-order chi connectivity index (χ0) is 15.0. The van der Waals surface area contributed by atoms with Crippen molar-refractivity contribution in [2.75, 3.05) is 5.32 Å². The van der Waals surface area contributed by atoms with E-state index < -0.39 is 0 Å². The number of nitrogens with one attached hydrogen (secondary N) is 1. The van der Waals surface area contributed by atoms with Crippen molar-refractivity contribution in [3.63, 3.8) is 0 Å². The summed E-state index contributed by atoms with van der Waals surface area (Å²) in [5.74, 6) is -0.197. The average Bonchev–Trinajstić information content (AvgIpc) is 2.92. The number of nitrogens with zero attached hydrogens (tertiary/aromatic N) is 3. The third-order valence-electron chi connectivity index (χ3n) is 3.44. The summed E-state index contributed by atoms with van der Waals surface area (Å²) < 4.78 is 7.66. The van der Waals surface area contributed by atoms with Crippen molar-refractivity contribution in [2.24, 2.45) is 0 Å². The maximum atomic E-state index is 10.9. The highest BCUT2D eigenvalue weighted by atomic mass is 127. The number of hydrogen-bond donors (Lipinski definition) is 1. The third kappa shape index (κ3) is 3.42. The summed E-state index contributed by atoms with van der Waals surface area (Å²) in [5, 5.41) is 9.23. The fraction of sp³-hybridized carbons (Fsp3) is 0.583. The molecule has 9 heteroatoms. The Kier molecular flexibility index (Phi) is 4.55. The Bertz CT molecular complexity index is 666. The molecule has 1 saturated carbocycles. The minimum absolute atomic E-state index is 0.0604. The number of aromatic nitrogens is 3. The first-order valence-electron chi connectivity index (χ1n) is 6.67. The van der Waals surface area contributed by atoms with E-state index in [4.69, 9.17) is 16.3 Å². The lowest BCUT2D eigenvalue weighted by Gasteiger charge is -2.28. The molecule has 0 spiro atoms. The van der Waals surface area contributed by atoms with Crippen molar-refractivity contribution < 1.29 is 9.53 Å². The van der Waals surface area contributed by atoms with Gasteiger partial charge in [0, 0.05) is 13.0 Å². The predicted molar refractivity (Wildman–Crippen MR) is 90.0 cm³/mol. The number of carbonyl (C=O) groups excluding carboxylic acids is 1. The maximum Gasteiger partial charge on any atom is 0.302 e. The van der Waals surface area contributed by atoms with Gasteiger partial charge in [0.2, 0.25) is 10.1 Å². The van der Waals surface area contributed by atoms with Crippen molar-refractivity contribution in [2.45, 2.75) is 44.8 Å². The number of carbonyl (C=O) groups is 1. The van der Waals surface area contributed by atoms with E-state index in [2.05, 4.69) is 38.0 Å². The summed E-state index contributed by atoms with van der Waals surface area (Å²) in [4.78, 5) is 16.1. The summed E-state index contributed by atoms with van der Waals surface area (Å²) in [6.07, 6.45) is 3.76. The maximum absolute atomic E-state index is 10.9. The van der Waals surface area contributed by atoms with Crippen molar-refractivity contribution in [3.05, 3.63) is 8.85 Å². The van der Waals surface area contributed by atoms with Crippen LogP contribution in [0, 0.1) is 3.70 Å². The Balaban J connectivity index is 1.60. The molecule has 2 aromatic rings. The predicted octanol–water partition coefficient (Wildman–Crippen LogP) is 3.34. The highest BCUT2D eigenvalue weighted by Gasteiger charge is 2.24. The largest absolute Gasteiger partial charge is 0.463 e. The number of anilines is 1. The second-order valence-corrected chi connectivity index (χ2v) is 7.36. The van der Waals surface area contributed by atoms with Gasteiger partial charge in [0.15, 0.2) is 5.15 Å². The highest BCUT2D eigenvalue weighted by molar-refractivity contribution is 14.1. The molecule has 0 atom stereocenters. The molecular weight excluding hydrogens is 427 g/mol. The van der Waals surface area contributed by atoms with Crippen molar-refractivity contribution in [1.29, 1.82) is 0 Å². The lowest BCUT2D eigenvalue weighted by Crippen LogP contribution is -2.30. The molecule has 1 aliphatic carbocycles.